The average molecular weight is 755 g/mol. The van der Waals surface area contributed by atoms with Gasteiger partial charge in [-0.1, -0.05) is 103 Å². The van der Waals surface area contributed by atoms with E-state index in [0.29, 0.717) is 40.5 Å². The van der Waals surface area contributed by atoms with E-state index in [1.165, 1.54) is 41.3 Å². The topological polar surface area (TPSA) is 86.8 Å². The van der Waals surface area contributed by atoms with E-state index in [1.807, 2.05) is 6.92 Å². The van der Waals surface area contributed by atoms with Gasteiger partial charge in [-0.3, -0.25) is 13.9 Å². The van der Waals surface area contributed by atoms with E-state index in [9.17, 15) is 31.2 Å². The fourth-order valence-corrected chi connectivity index (χ4v) is 7.04. The number of nitrogens with one attached hydrogen (secondary N) is 1. The van der Waals surface area contributed by atoms with Crippen molar-refractivity contribution < 1.29 is 31.2 Å². The van der Waals surface area contributed by atoms with Crippen molar-refractivity contribution in [3.63, 3.8) is 0 Å². The molecule has 0 aliphatic carbocycles. The highest BCUT2D eigenvalue weighted by Gasteiger charge is 2.37. The Morgan fingerprint density at radius 3 is 2.06 bits per heavy atom. The van der Waals surface area contributed by atoms with Crippen molar-refractivity contribution in [2.45, 2.75) is 49.8 Å². The minimum absolute atomic E-state index is 0.0433. The van der Waals surface area contributed by atoms with E-state index in [1.54, 1.807) is 42.5 Å². The summed E-state index contributed by atoms with van der Waals surface area (Å²) in [7, 11) is -4.68. The summed E-state index contributed by atoms with van der Waals surface area (Å²) in [5.41, 5.74) is -0.552. The van der Waals surface area contributed by atoms with Crippen LogP contribution in [0.4, 0.5) is 18.9 Å². The molecule has 4 aromatic rings. The Morgan fingerprint density at radius 1 is 0.816 bits per heavy atom. The van der Waals surface area contributed by atoms with Crippen molar-refractivity contribution in [2.24, 2.45) is 0 Å². The number of unbranched alkanes of at least 4 members (excludes halogenated alkanes) is 1. The Kier molecular flexibility index (Phi) is 13.0. The summed E-state index contributed by atoms with van der Waals surface area (Å²) in [5, 5.41) is 2.96. The lowest BCUT2D eigenvalue weighted by molar-refractivity contribution is -0.140. The van der Waals surface area contributed by atoms with Crippen LogP contribution in [0.15, 0.2) is 102 Å². The maximum absolute atomic E-state index is 14.5. The third-order valence-electron chi connectivity index (χ3n) is 7.59. The molecule has 0 aromatic heterocycles. The summed E-state index contributed by atoms with van der Waals surface area (Å²) < 4.78 is 70.3. The number of halogens is 6. The molecule has 49 heavy (non-hydrogen) atoms. The van der Waals surface area contributed by atoms with Crippen LogP contribution < -0.4 is 9.62 Å². The van der Waals surface area contributed by atoms with Gasteiger partial charge >= 0.3 is 6.18 Å². The molecule has 0 radical (unpaired) electrons. The SMILES string of the molecule is CCCCNC(=O)[C@@H](Cc1ccccc1)N(Cc1ccc(Cl)c(Cl)c1)C(=O)CN(c1cc(C(F)(F)F)ccc1Cl)S(=O)(=O)c1ccccc1. The fourth-order valence-electron chi connectivity index (χ4n) is 5.01. The number of amides is 2. The third kappa shape index (κ3) is 9.91. The number of rotatable bonds is 14. The normalized spacial score (nSPS) is 12.3. The second kappa shape index (κ2) is 16.8. The molecule has 0 unspecified atom stereocenters. The van der Waals surface area contributed by atoms with E-state index in [4.69, 9.17) is 34.8 Å². The molecule has 4 rings (SSSR count). The lowest BCUT2D eigenvalue weighted by atomic mass is 10.0. The van der Waals surface area contributed by atoms with Crippen molar-refractivity contribution in [1.82, 2.24) is 10.2 Å². The highest BCUT2D eigenvalue weighted by molar-refractivity contribution is 7.92. The van der Waals surface area contributed by atoms with Crippen LogP contribution in [0.25, 0.3) is 0 Å². The predicted molar refractivity (Wildman–Crippen MR) is 186 cm³/mol. The summed E-state index contributed by atoms with van der Waals surface area (Å²) in [6, 6.07) is 21.5. The Bertz CT molecular complexity index is 1860. The zero-order valence-corrected chi connectivity index (χ0v) is 29.3. The quantitative estimate of drug-likeness (QED) is 0.131. The molecule has 1 atom stereocenters. The first-order valence-corrected chi connectivity index (χ1v) is 17.8. The first kappa shape index (κ1) is 38.0. The van der Waals surface area contributed by atoms with E-state index in [2.05, 4.69) is 5.32 Å². The van der Waals surface area contributed by atoms with Gasteiger partial charge in [-0.25, -0.2) is 8.42 Å². The zero-order valence-electron chi connectivity index (χ0n) is 26.3. The molecule has 14 heteroatoms. The molecular formula is C35H33Cl3F3N3O4S. The number of anilines is 1. The standard InChI is InChI=1S/C35H33Cl3F3N3O4S/c1-2-3-18-42-34(46)32(20-24-10-6-4-7-11-24)43(22-25-14-16-28(36)30(38)19-25)33(45)23-44(49(47,48)27-12-8-5-9-13-27)31-21-26(35(39,40)41)15-17-29(31)37/h4-17,19,21,32H,2-3,18,20,22-23H2,1H3,(H,42,46)/t32-/m1/s1. The number of hydrogen-bond donors (Lipinski definition) is 1. The minimum atomic E-state index is -4.84. The van der Waals surface area contributed by atoms with Crippen LogP contribution >= 0.6 is 34.8 Å². The average Bonchev–Trinajstić information content (AvgIpc) is 3.07. The van der Waals surface area contributed by atoms with Crippen LogP contribution in [0, 0.1) is 0 Å². The molecule has 0 aliphatic heterocycles. The molecule has 0 bridgehead atoms. The van der Waals surface area contributed by atoms with Gasteiger partial charge in [0.2, 0.25) is 11.8 Å². The molecule has 1 N–H and O–H groups in total. The van der Waals surface area contributed by atoms with Crippen LogP contribution in [0.5, 0.6) is 0 Å². The molecule has 7 nitrogen and oxygen atoms in total. The number of nitrogens with zero attached hydrogens (tertiary/aromatic N) is 2. The summed E-state index contributed by atoms with van der Waals surface area (Å²) in [5.74, 6) is -1.38. The Hall–Kier alpha value is -3.77. The molecule has 2 amide bonds. The highest BCUT2D eigenvalue weighted by atomic mass is 35.5. The van der Waals surface area contributed by atoms with Crippen LogP contribution in [-0.2, 0) is 38.8 Å². The minimum Gasteiger partial charge on any atom is -0.354 e. The van der Waals surface area contributed by atoms with Crippen molar-refractivity contribution >= 4 is 62.3 Å². The van der Waals surface area contributed by atoms with Crippen molar-refractivity contribution in [1.29, 1.82) is 0 Å². The highest BCUT2D eigenvalue weighted by Crippen LogP contribution is 2.37. The van der Waals surface area contributed by atoms with Crippen LogP contribution in [0.1, 0.15) is 36.5 Å². The number of sulfonamides is 1. The molecule has 0 spiro atoms. The Labute approximate surface area is 298 Å². The largest absolute Gasteiger partial charge is 0.416 e. The second-order valence-electron chi connectivity index (χ2n) is 11.1. The van der Waals surface area contributed by atoms with E-state index in [-0.39, 0.29) is 32.9 Å². The lowest BCUT2D eigenvalue weighted by Crippen LogP contribution is -2.53. The summed E-state index contributed by atoms with van der Waals surface area (Å²) in [4.78, 5) is 29.3. The number of carbonyl (C=O) groups is 2. The Balaban J connectivity index is 1.87. The van der Waals surface area contributed by atoms with Gasteiger partial charge in [-0.2, -0.15) is 13.2 Å². The molecule has 4 aromatic carbocycles. The fraction of sp³-hybridized carbons (Fsp3) is 0.257. The predicted octanol–water partition coefficient (Wildman–Crippen LogP) is 8.42. The third-order valence-corrected chi connectivity index (χ3v) is 10.4. The van der Waals surface area contributed by atoms with E-state index < -0.39 is 51.9 Å². The molecule has 0 saturated carbocycles. The molecule has 0 fully saturated rings. The summed E-state index contributed by atoms with van der Waals surface area (Å²) >= 11 is 18.8. The van der Waals surface area contributed by atoms with Crippen LogP contribution in [0.3, 0.4) is 0 Å². The van der Waals surface area contributed by atoms with Gasteiger partial charge in [0.25, 0.3) is 10.0 Å². The van der Waals surface area contributed by atoms with Gasteiger partial charge in [-0.15, -0.1) is 0 Å². The maximum Gasteiger partial charge on any atom is 0.416 e. The van der Waals surface area contributed by atoms with Gasteiger partial charge in [0.1, 0.15) is 12.6 Å². The number of carbonyl (C=O) groups excluding carboxylic acids is 2. The summed E-state index contributed by atoms with van der Waals surface area (Å²) in [6.45, 7) is 1.06. The van der Waals surface area contributed by atoms with E-state index >= 15 is 0 Å². The first-order valence-electron chi connectivity index (χ1n) is 15.2. The van der Waals surface area contributed by atoms with Crippen molar-refractivity contribution in [2.75, 3.05) is 17.4 Å². The van der Waals surface area contributed by atoms with Crippen molar-refractivity contribution in [3.05, 3.63) is 129 Å². The van der Waals surface area contributed by atoms with Crippen LogP contribution in [-0.4, -0.2) is 44.3 Å². The van der Waals surface area contributed by atoms with Crippen LogP contribution in [0.2, 0.25) is 15.1 Å². The maximum atomic E-state index is 14.5. The number of hydrogen-bond acceptors (Lipinski definition) is 4. The number of benzene rings is 4. The molecule has 260 valence electrons. The van der Waals surface area contributed by atoms with Gasteiger partial charge in [0.05, 0.1) is 31.2 Å². The molecular weight excluding hydrogens is 722 g/mol. The van der Waals surface area contributed by atoms with Gasteiger partial charge < -0.3 is 10.2 Å². The summed E-state index contributed by atoms with van der Waals surface area (Å²) in [6.07, 6.45) is -3.34. The first-order chi connectivity index (χ1) is 23.2. The zero-order chi connectivity index (χ0) is 35.8. The lowest BCUT2D eigenvalue weighted by Gasteiger charge is -2.34. The number of alkyl halides is 3. The van der Waals surface area contributed by atoms with Gasteiger partial charge in [-0.05, 0) is 60.0 Å². The van der Waals surface area contributed by atoms with Gasteiger partial charge in [0.15, 0.2) is 0 Å². The van der Waals surface area contributed by atoms with E-state index in [0.717, 1.165) is 12.5 Å². The van der Waals surface area contributed by atoms with Crippen molar-refractivity contribution in [3.8, 4) is 0 Å². The smallest absolute Gasteiger partial charge is 0.354 e. The molecule has 0 aliphatic rings. The molecule has 0 heterocycles. The second-order valence-corrected chi connectivity index (χ2v) is 14.2. The van der Waals surface area contributed by atoms with Gasteiger partial charge in [0, 0.05) is 19.5 Å². The molecule has 0 saturated heterocycles. The monoisotopic (exact) mass is 753 g/mol. The Morgan fingerprint density at radius 2 is 1.45 bits per heavy atom.